The molecule has 0 amide bonds. The highest BCUT2D eigenvalue weighted by molar-refractivity contribution is 5.58. The van der Waals surface area contributed by atoms with Crippen LogP contribution in [0.5, 0.6) is 0 Å². The van der Waals surface area contributed by atoms with Crippen molar-refractivity contribution in [3.8, 4) is 0 Å². The molecule has 1 aromatic carbocycles. The van der Waals surface area contributed by atoms with Gasteiger partial charge in [0.05, 0.1) is 11.8 Å². The molecule has 0 spiro atoms. The average Bonchev–Trinajstić information content (AvgIpc) is 2.90. The number of fused-ring (bicyclic) bond motifs is 1. The van der Waals surface area contributed by atoms with Crippen LogP contribution < -0.4 is 5.32 Å². The van der Waals surface area contributed by atoms with Crippen LogP contribution in [0, 0.1) is 0 Å². The van der Waals surface area contributed by atoms with E-state index in [0.717, 1.165) is 23.8 Å². The van der Waals surface area contributed by atoms with Gasteiger partial charge in [0.25, 0.3) is 0 Å². The van der Waals surface area contributed by atoms with Crippen LogP contribution in [0.25, 0.3) is 0 Å². The summed E-state index contributed by atoms with van der Waals surface area (Å²) in [5.41, 5.74) is 0.774. The molecule has 2 nitrogen and oxygen atoms in total. The van der Waals surface area contributed by atoms with Crippen molar-refractivity contribution in [2.75, 3.05) is 11.9 Å². The Kier molecular flexibility index (Phi) is 2.77. The number of benzene rings is 1. The zero-order chi connectivity index (χ0) is 13.5. The number of halogens is 3. The van der Waals surface area contributed by atoms with Crippen LogP contribution in [-0.2, 0) is 6.18 Å². The first-order valence-electron chi connectivity index (χ1n) is 6.04. The van der Waals surface area contributed by atoms with E-state index in [4.69, 9.17) is 4.42 Å². The molecule has 100 valence electrons. The molecule has 1 unspecified atom stereocenters. The van der Waals surface area contributed by atoms with E-state index >= 15 is 0 Å². The van der Waals surface area contributed by atoms with Crippen molar-refractivity contribution in [2.45, 2.75) is 18.5 Å². The van der Waals surface area contributed by atoms with Gasteiger partial charge in [0.2, 0.25) is 0 Å². The summed E-state index contributed by atoms with van der Waals surface area (Å²) in [5.74, 6) is 0.816. The van der Waals surface area contributed by atoms with Crippen LogP contribution in [0.3, 0.4) is 0 Å². The number of nitrogens with one attached hydrogen (secondary N) is 1. The summed E-state index contributed by atoms with van der Waals surface area (Å²) in [5, 5.41) is 3.03. The molecule has 2 aromatic rings. The lowest BCUT2D eigenvalue weighted by Gasteiger charge is -2.26. The second-order valence-corrected chi connectivity index (χ2v) is 4.58. The third-order valence-electron chi connectivity index (χ3n) is 3.39. The third-order valence-corrected chi connectivity index (χ3v) is 3.39. The van der Waals surface area contributed by atoms with E-state index in [1.54, 1.807) is 12.3 Å². The quantitative estimate of drug-likeness (QED) is 0.835. The summed E-state index contributed by atoms with van der Waals surface area (Å²) in [7, 11) is 0. The van der Waals surface area contributed by atoms with Gasteiger partial charge >= 0.3 is 6.18 Å². The van der Waals surface area contributed by atoms with E-state index in [1.165, 1.54) is 12.1 Å². The SMILES string of the molecule is FC(F)(F)c1ccc2c(c1)NCCC2c1ccco1. The molecule has 1 N–H and O–H groups in total. The number of alkyl halides is 3. The van der Waals surface area contributed by atoms with Crippen LogP contribution in [-0.4, -0.2) is 6.54 Å². The Labute approximate surface area is 108 Å². The molecule has 19 heavy (non-hydrogen) atoms. The molecular weight excluding hydrogens is 255 g/mol. The molecule has 0 aliphatic carbocycles. The molecule has 0 fully saturated rings. The Morgan fingerprint density at radius 3 is 2.74 bits per heavy atom. The van der Waals surface area contributed by atoms with Gasteiger partial charge in [0, 0.05) is 18.2 Å². The topological polar surface area (TPSA) is 25.2 Å². The van der Waals surface area contributed by atoms with E-state index in [2.05, 4.69) is 5.32 Å². The minimum Gasteiger partial charge on any atom is -0.469 e. The van der Waals surface area contributed by atoms with Crippen LogP contribution in [0.15, 0.2) is 41.0 Å². The van der Waals surface area contributed by atoms with E-state index in [1.807, 2.05) is 6.07 Å². The fourth-order valence-corrected chi connectivity index (χ4v) is 2.48. The molecule has 0 bridgehead atoms. The summed E-state index contributed by atoms with van der Waals surface area (Å²) >= 11 is 0. The first kappa shape index (κ1) is 12.1. The minimum atomic E-state index is -4.31. The number of furan rings is 1. The molecule has 5 heteroatoms. The Morgan fingerprint density at radius 1 is 1.21 bits per heavy atom. The average molecular weight is 267 g/mol. The second-order valence-electron chi connectivity index (χ2n) is 4.58. The molecule has 1 aromatic heterocycles. The normalized spacial score (nSPS) is 18.8. The first-order valence-corrected chi connectivity index (χ1v) is 6.04. The maximum absolute atomic E-state index is 12.7. The summed E-state index contributed by atoms with van der Waals surface area (Å²) in [6.45, 7) is 0.639. The largest absolute Gasteiger partial charge is 0.469 e. The van der Waals surface area contributed by atoms with Crippen LogP contribution >= 0.6 is 0 Å². The standard InChI is InChI=1S/C14H12F3NO/c15-14(16,17)9-3-4-10-11(13-2-1-7-19-13)5-6-18-12(10)8-9/h1-4,7-8,11,18H,5-6H2. The Bertz CT molecular complexity index is 575. The van der Waals surface area contributed by atoms with Crippen molar-refractivity contribution < 1.29 is 17.6 Å². The van der Waals surface area contributed by atoms with Crippen molar-refractivity contribution >= 4 is 5.69 Å². The van der Waals surface area contributed by atoms with Crippen LogP contribution in [0.2, 0.25) is 0 Å². The Morgan fingerprint density at radius 2 is 2.05 bits per heavy atom. The molecule has 2 heterocycles. The Balaban J connectivity index is 2.02. The number of anilines is 1. The van der Waals surface area contributed by atoms with Gasteiger partial charge in [-0.1, -0.05) is 6.07 Å². The van der Waals surface area contributed by atoms with Gasteiger partial charge in [0.1, 0.15) is 5.76 Å². The summed E-state index contributed by atoms with van der Waals surface area (Å²) < 4.78 is 43.4. The number of hydrogen-bond acceptors (Lipinski definition) is 2. The van der Waals surface area contributed by atoms with Gasteiger partial charge in [0.15, 0.2) is 0 Å². The van der Waals surface area contributed by atoms with Crippen LogP contribution in [0.4, 0.5) is 18.9 Å². The highest BCUT2D eigenvalue weighted by atomic mass is 19.4. The molecule has 0 radical (unpaired) electrons. The fraction of sp³-hybridized carbons (Fsp3) is 0.286. The fourth-order valence-electron chi connectivity index (χ4n) is 2.48. The third kappa shape index (κ3) is 2.20. The lowest BCUT2D eigenvalue weighted by atomic mass is 9.88. The van der Waals surface area contributed by atoms with Gasteiger partial charge in [-0.15, -0.1) is 0 Å². The molecule has 0 saturated heterocycles. The van der Waals surface area contributed by atoms with E-state index in [-0.39, 0.29) is 5.92 Å². The van der Waals surface area contributed by atoms with E-state index in [9.17, 15) is 13.2 Å². The van der Waals surface area contributed by atoms with Crippen molar-refractivity contribution in [2.24, 2.45) is 0 Å². The van der Waals surface area contributed by atoms with Crippen molar-refractivity contribution in [1.29, 1.82) is 0 Å². The number of hydrogen-bond donors (Lipinski definition) is 1. The predicted octanol–water partition coefficient (Wildman–Crippen LogP) is 4.25. The van der Waals surface area contributed by atoms with Crippen molar-refractivity contribution in [3.63, 3.8) is 0 Å². The Hall–Kier alpha value is -1.91. The maximum atomic E-state index is 12.7. The van der Waals surface area contributed by atoms with E-state index < -0.39 is 11.7 Å². The maximum Gasteiger partial charge on any atom is 0.416 e. The highest BCUT2D eigenvalue weighted by Gasteiger charge is 2.32. The van der Waals surface area contributed by atoms with Crippen molar-refractivity contribution in [3.05, 3.63) is 53.5 Å². The van der Waals surface area contributed by atoms with Crippen LogP contribution in [0.1, 0.15) is 29.2 Å². The van der Waals surface area contributed by atoms with Gasteiger partial charge in [-0.25, -0.2) is 0 Å². The van der Waals surface area contributed by atoms with E-state index in [0.29, 0.717) is 12.2 Å². The molecule has 0 saturated carbocycles. The molecule has 1 atom stereocenters. The lowest BCUT2D eigenvalue weighted by molar-refractivity contribution is -0.137. The van der Waals surface area contributed by atoms with Gasteiger partial charge in [-0.2, -0.15) is 13.2 Å². The summed E-state index contributed by atoms with van der Waals surface area (Å²) in [4.78, 5) is 0. The van der Waals surface area contributed by atoms with Gasteiger partial charge in [-0.05, 0) is 36.2 Å². The summed E-state index contributed by atoms with van der Waals surface area (Å²) in [6.07, 6.45) is -1.92. The minimum absolute atomic E-state index is 0.0218. The van der Waals surface area contributed by atoms with Gasteiger partial charge < -0.3 is 9.73 Å². The van der Waals surface area contributed by atoms with Gasteiger partial charge in [-0.3, -0.25) is 0 Å². The lowest BCUT2D eigenvalue weighted by Crippen LogP contribution is -2.18. The molecule has 1 aliphatic rings. The molecular formula is C14H12F3NO. The zero-order valence-electron chi connectivity index (χ0n) is 10.00. The van der Waals surface area contributed by atoms with Crippen molar-refractivity contribution in [1.82, 2.24) is 0 Å². The molecule has 3 rings (SSSR count). The first-order chi connectivity index (χ1) is 9.05. The predicted molar refractivity (Wildman–Crippen MR) is 65.1 cm³/mol. The smallest absolute Gasteiger partial charge is 0.416 e. The molecule has 1 aliphatic heterocycles. The number of rotatable bonds is 1. The zero-order valence-corrected chi connectivity index (χ0v) is 10.00. The second kappa shape index (κ2) is 4.33. The summed E-state index contributed by atoms with van der Waals surface area (Å²) in [6, 6.07) is 7.49. The highest BCUT2D eigenvalue weighted by Crippen LogP contribution is 2.40. The monoisotopic (exact) mass is 267 g/mol.